The Balaban J connectivity index is 3.93. The third-order valence-corrected chi connectivity index (χ3v) is 3.12. The van der Waals surface area contributed by atoms with Crippen LogP contribution in [0, 0.1) is 5.41 Å². The van der Waals surface area contributed by atoms with Crippen LogP contribution in [0.4, 0.5) is 0 Å². The lowest BCUT2D eigenvalue weighted by Crippen LogP contribution is -2.15. The van der Waals surface area contributed by atoms with Gasteiger partial charge in [-0.2, -0.15) is 4.89 Å². The SMILES string of the molecule is CCC(C)(C)CC(C)[P+](=O)O. The van der Waals surface area contributed by atoms with Crippen LogP contribution in [0.25, 0.3) is 0 Å². The van der Waals surface area contributed by atoms with E-state index in [1.807, 2.05) is 6.92 Å². The first kappa shape index (κ1) is 11.1. The highest BCUT2D eigenvalue weighted by Crippen LogP contribution is 2.35. The molecular weight excluding hydrogens is 159 g/mol. The maximum Gasteiger partial charge on any atom is 0.508 e. The minimum atomic E-state index is -1.98. The first-order valence-corrected chi connectivity index (χ1v) is 5.32. The first-order chi connectivity index (χ1) is 4.89. The fourth-order valence-electron chi connectivity index (χ4n) is 1.02. The van der Waals surface area contributed by atoms with Crippen LogP contribution in [-0.4, -0.2) is 10.6 Å². The zero-order chi connectivity index (χ0) is 9.07. The van der Waals surface area contributed by atoms with E-state index in [1.165, 1.54) is 0 Å². The molecule has 0 saturated carbocycles. The fraction of sp³-hybridized carbons (Fsp3) is 1.00. The topological polar surface area (TPSA) is 37.3 Å². The van der Waals surface area contributed by atoms with E-state index in [4.69, 9.17) is 4.89 Å². The normalized spacial score (nSPS) is 16.3. The van der Waals surface area contributed by atoms with Gasteiger partial charge in [0.2, 0.25) is 0 Å². The molecule has 1 N–H and O–H groups in total. The van der Waals surface area contributed by atoms with Gasteiger partial charge in [-0.05, 0) is 16.9 Å². The van der Waals surface area contributed by atoms with Crippen molar-refractivity contribution in [2.45, 2.75) is 46.2 Å². The lowest BCUT2D eigenvalue weighted by atomic mass is 9.85. The Bertz CT molecular complexity index is 143. The van der Waals surface area contributed by atoms with Crippen LogP contribution in [0.15, 0.2) is 0 Å². The number of hydrogen-bond acceptors (Lipinski definition) is 1. The Morgan fingerprint density at radius 1 is 1.55 bits per heavy atom. The van der Waals surface area contributed by atoms with Crippen LogP contribution >= 0.6 is 8.03 Å². The summed E-state index contributed by atoms with van der Waals surface area (Å²) in [6, 6.07) is 0. The van der Waals surface area contributed by atoms with Crippen molar-refractivity contribution in [3.05, 3.63) is 0 Å². The summed E-state index contributed by atoms with van der Waals surface area (Å²) in [5, 5.41) is 0. The van der Waals surface area contributed by atoms with E-state index in [0.717, 1.165) is 12.8 Å². The highest BCUT2D eigenvalue weighted by atomic mass is 31.1. The monoisotopic (exact) mass is 177 g/mol. The molecule has 0 fully saturated rings. The van der Waals surface area contributed by atoms with Crippen molar-refractivity contribution in [2.24, 2.45) is 5.41 Å². The van der Waals surface area contributed by atoms with E-state index < -0.39 is 8.03 Å². The van der Waals surface area contributed by atoms with Gasteiger partial charge in [0.1, 0.15) is 0 Å². The number of hydrogen-bond donors (Lipinski definition) is 1. The Morgan fingerprint density at radius 2 is 2.00 bits per heavy atom. The molecule has 2 nitrogen and oxygen atoms in total. The van der Waals surface area contributed by atoms with Crippen LogP contribution in [0.3, 0.4) is 0 Å². The Hall–Kier alpha value is 0.0600. The van der Waals surface area contributed by atoms with Gasteiger partial charge >= 0.3 is 8.03 Å². The molecule has 0 saturated heterocycles. The van der Waals surface area contributed by atoms with Gasteiger partial charge in [0.15, 0.2) is 5.66 Å². The molecule has 2 unspecified atom stereocenters. The zero-order valence-corrected chi connectivity index (χ0v) is 8.69. The Morgan fingerprint density at radius 3 is 2.27 bits per heavy atom. The van der Waals surface area contributed by atoms with Crippen molar-refractivity contribution in [2.75, 3.05) is 0 Å². The molecule has 0 aliphatic carbocycles. The second kappa shape index (κ2) is 4.18. The second-order valence-electron chi connectivity index (χ2n) is 3.87. The molecule has 66 valence electrons. The van der Waals surface area contributed by atoms with Gasteiger partial charge in [0.05, 0.1) is 0 Å². The molecule has 0 rings (SSSR count). The zero-order valence-electron chi connectivity index (χ0n) is 7.79. The van der Waals surface area contributed by atoms with E-state index in [2.05, 4.69) is 20.8 Å². The number of rotatable bonds is 4. The highest BCUT2D eigenvalue weighted by Gasteiger charge is 2.30. The lowest BCUT2D eigenvalue weighted by Gasteiger charge is -2.21. The summed E-state index contributed by atoms with van der Waals surface area (Å²) in [6.07, 6.45) is 1.88. The summed E-state index contributed by atoms with van der Waals surface area (Å²) < 4.78 is 10.6. The molecule has 11 heavy (non-hydrogen) atoms. The fourth-order valence-corrected chi connectivity index (χ4v) is 1.67. The van der Waals surface area contributed by atoms with Gasteiger partial charge in [-0.1, -0.05) is 27.2 Å². The molecule has 0 aromatic rings. The van der Waals surface area contributed by atoms with E-state index in [1.54, 1.807) is 0 Å². The summed E-state index contributed by atoms with van der Waals surface area (Å²) in [5.41, 5.74) is 0.132. The Kier molecular flexibility index (Phi) is 4.20. The summed E-state index contributed by atoms with van der Waals surface area (Å²) in [7, 11) is -1.98. The maximum atomic E-state index is 10.6. The third kappa shape index (κ3) is 4.49. The van der Waals surface area contributed by atoms with Crippen molar-refractivity contribution < 1.29 is 9.46 Å². The predicted molar refractivity (Wildman–Crippen MR) is 48.0 cm³/mol. The Labute approximate surface area is 69.9 Å². The van der Waals surface area contributed by atoms with Crippen molar-refractivity contribution >= 4 is 8.03 Å². The van der Waals surface area contributed by atoms with Crippen LogP contribution in [0.1, 0.15) is 40.5 Å². The highest BCUT2D eigenvalue weighted by molar-refractivity contribution is 7.38. The maximum absolute atomic E-state index is 10.6. The standard InChI is InChI=1S/C8H17O2P/c1-5-8(3,4)6-7(2)11(9)10/h7H,5-6H2,1-4H3/p+1. The molecule has 0 spiro atoms. The second-order valence-corrected chi connectivity index (χ2v) is 5.36. The van der Waals surface area contributed by atoms with Crippen molar-refractivity contribution in [1.82, 2.24) is 0 Å². The molecule has 0 aromatic carbocycles. The molecule has 0 aliphatic heterocycles. The average Bonchev–Trinajstić information content (AvgIpc) is 1.87. The van der Waals surface area contributed by atoms with Crippen molar-refractivity contribution in [3.63, 3.8) is 0 Å². The average molecular weight is 177 g/mol. The summed E-state index contributed by atoms with van der Waals surface area (Å²) in [4.78, 5) is 8.79. The smallest absolute Gasteiger partial charge is 0.161 e. The molecule has 0 radical (unpaired) electrons. The van der Waals surface area contributed by atoms with Crippen LogP contribution in [-0.2, 0) is 4.57 Å². The molecule has 0 aromatic heterocycles. The summed E-state index contributed by atoms with van der Waals surface area (Å²) in [5.74, 6) is 0. The molecule has 0 amide bonds. The van der Waals surface area contributed by atoms with Gasteiger partial charge in [-0.3, -0.25) is 0 Å². The molecule has 0 heterocycles. The van der Waals surface area contributed by atoms with Gasteiger partial charge in [0.25, 0.3) is 0 Å². The first-order valence-electron chi connectivity index (χ1n) is 4.04. The predicted octanol–water partition coefficient (Wildman–Crippen LogP) is 2.94. The van der Waals surface area contributed by atoms with Gasteiger partial charge < -0.3 is 0 Å². The van der Waals surface area contributed by atoms with Crippen molar-refractivity contribution in [3.8, 4) is 0 Å². The third-order valence-electron chi connectivity index (χ3n) is 2.18. The molecule has 2 atom stereocenters. The lowest BCUT2D eigenvalue weighted by molar-refractivity contribution is 0.314. The van der Waals surface area contributed by atoms with E-state index in [9.17, 15) is 4.57 Å². The molecule has 3 heteroatoms. The minimum Gasteiger partial charge on any atom is -0.161 e. The van der Waals surface area contributed by atoms with Crippen LogP contribution in [0.5, 0.6) is 0 Å². The molecule has 0 aliphatic rings. The van der Waals surface area contributed by atoms with E-state index in [0.29, 0.717) is 0 Å². The summed E-state index contributed by atoms with van der Waals surface area (Å²) >= 11 is 0. The van der Waals surface area contributed by atoms with Crippen LogP contribution in [0.2, 0.25) is 0 Å². The van der Waals surface area contributed by atoms with Gasteiger partial charge in [-0.15, -0.1) is 0 Å². The van der Waals surface area contributed by atoms with E-state index in [-0.39, 0.29) is 11.1 Å². The van der Waals surface area contributed by atoms with E-state index >= 15 is 0 Å². The minimum absolute atomic E-state index is 0.0695. The largest absolute Gasteiger partial charge is 0.508 e. The van der Waals surface area contributed by atoms with Gasteiger partial charge in [0, 0.05) is 6.42 Å². The molecule has 0 bridgehead atoms. The quantitative estimate of drug-likeness (QED) is 0.670. The van der Waals surface area contributed by atoms with Crippen LogP contribution < -0.4 is 0 Å². The molecular formula is C8H18O2P+. The summed E-state index contributed by atoms with van der Waals surface area (Å²) in [6.45, 7) is 8.19. The van der Waals surface area contributed by atoms with Crippen molar-refractivity contribution in [1.29, 1.82) is 0 Å². The van der Waals surface area contributed by atoms with Gasteiger partial charge in [-0.25, -0.2) is 0 Å².